The smallest absolute Gasteiger partial charge is 0.395 e. The first kappa shape index (κ1) is 24.4. The lowest BCUT2D eigenvalue weighted by Crippen LogP contribution is -2.21. The molecule has 0 bridgehead atoms. The Morgan fingerprint density at radius 1 is 0.576 bits per heavy atom. The average molecular weight is 480 g/mol. The number of aromatic carboxylic acids is 5. The second-order valence-corrected chi connectivity index (χ2v) is 6.14. The molecule has 2 rings (SSSR count). The highest BCUT2D eigenvalue weighted by molar-refractivity contribution is 7.17. The van der Waals surface area contributed by atoms with Gasteiger partial charge in [-0.3, -0.25) is 0 Å². The van der Waals surface area contributed by atoms with Crippen molar-refractivity contribution in [3.63, 3.8) is 0 Å². The van der Waals surface area contributed by atoms with Crippen LogP contribution in [0.5, 0.6) is 11.5 Å². The number of carbonyl (C=O) groups excluding carboxylic acids is 1. The van der Waals surface area contributed by atoms with E-state index in [9.17, 15) is 58.9 Å². The third-order valence-electron chi connectivity index (χ3n) is 3.98. The van der Waals surface area contributed by atoms with Gasteiger partial charge < -0.3 is 34.8 Å². The number of benzene rings is 2. The fraction of sp³-hybridized carbons (Fsp3) is 0. The number of esters is 1. The summed E-state index contributed by atoms with van der Waals surface area (Å²) < 4.78 is 20.3. The molecule has 0 amide bonds. The summed E-state index contributed by atoms with van der Waals surface area (Å²) in [6.07, 6.45) is 0. The highest BCUT2D eigenvalue weighted by Gasteiger charge is 2.33. The molecule has 2 aromatic rings. The van der Waals surface area contributed by atoms with Crippen molar-refractivity contribution in [3.8, 4) is 11.5 Å². The molecular weight excluding hydrogens is 471 g/mol. The molecule has 0 radical (unpaired) electrons. The summed E-state index contributed by atoms with van der Waals surface area (Å²) in [7, 11) is -1.22. The summed E-state index contributed by atoms with van der Waals surface area (Å²) in [5, 5.41) is 46.5. The maximum atomic E-state index is 12.8. The summed E-state index contributed by atoms with van der Waals surface area (Å²) in [6, 6.07) is 2.62. The molecule has 0 saturated heterocycles. The van der Waals surface area contributed by atoms with E-state index in [1.54, 1.807) is 0 Å². The van der Waals surface area contributed by atoms with Crippen molar-refractivity contribution in [1.82, 2.24) is 0 Å². The molecule has 0 aliphatic rings. The van der Waals surface area contributed by atoms with Gasteiger partial charge >= 0.3 is 44.5 Å². The molecule has 0 aromatic heterocycles. The Morgan fingerprint density at radius 3 is 1.36 bits per heavy atom. The minimum atomic E-state index is -2.01. The van der Waals surface area contributed by atoms with Crippen molar-refractivity contribution in [2.75, 3.05) is 0 Å². The zero-order valence-electron chi connectivity index (χ0n) is 15.7. The van der Waals surface area contributed by atoms with E-state index >= 15 is 0 Å². The van der Waals surface area contributed by atoms with Gasteiger partial charge in [0.1, 0.15) is 22.3 Å². The van der Waals surface area contributed by atoms with Crippen molar-refractivity contribution < 1.29 is 68.1 Å². The lowest BCUT2D eigenvalue weighted by Gasteiger charge is -2.15. The van der Waals surface area contributed by atoms with Gasteiger partial charge in [0.2, 0.25) is 0 Å². The molecule has 14 nitrogen and oxygen atoms in total. The Hall–Kier alpha value is -4.84. The van der Waals surface area contributed by atoms with Gasteiger partial charge in [-0.2, -0.15) is 0 Å². The van der Waals surface area contributed by atoms with Crippen LogP contribution in [0.4, 0.5) is 0 Å². The van der Waals surface area contributed by atoms with Crippen LogP contribution in [0.15, 0.2) is 24.3 Å². The van der Waals surface area contributed by atoms with Crippen LogP contribution in [-0.2, 0) is 4.57 Å². The quantitative estimate of drug-likeness (QED) is 0.196. The van der Waals surface area contributed by atoms with E-state index in [-0.39, 0.29) is 0 Å². The predicted octanol–water partition coefficient (Wildman–Crippen LogP) is 1.98. The van der Waals surface area contributed by atoms with Crippen LogP contribution in [0.25, 0.3) is 0 Å². The first-order valence-electron chi connectivity index (χ1n) is 8.14. The van der Waals surface area contributed by atoms with Crippen LogP contribution < -0.4 is 9.26 Å². The van der Waals surface area contributed by atoms with E-state index in [4.69, 9.17) is 4.74 Å². The Morgan fingerprint density at radius 2 is 0.970 bits per heavy atom. The number of hydrogen-bond acceptors (Lipinski definition) is 9. The van der Waals surface area contributed by atoms with Crippen LogP contribution in [0.2, 0.25) is 0 Å². The van der Waals surface area contributed by atoms with Gasteiger partial charge in [0.15, 0.2) is 11.5 Å². The van der Waals surface area contributed by atoms with Gasteiger partial charge in [-0.1, -0.05) is 0 Å². The van der Waals surface area contributed by atoms with Crippen molar-refractivity contribution in [3.05, 3.63) is 57.6 Å². The van der Waals surface area contributed by atoms with Crippen LogP contribution >= 0.6 is 8.69 Å². The maximum Gasteiger partial charge on any atom is 0.395 e. The largest absolute Gasteiger partial charge is 0.478 e. The highest BCUT2D eigenvalue weighted by atomic mass is 31.1. The Kier molecular flexibility index (Phi) is 7.06. The van der Waals surface area contributed by atoms with Gasteiger partial charge in [0, 0.05) is 0 Å². The molecule has 0 heterocycles. The summed E-state index contributed by atoms with van der Waals surface area (Å²) in [4.78, 5) is 70.3. The molecule has 5 N–H and O–H groups in total. The third kappa shape index (κ3) is 4.75. The fourth-order valence-corrected chi connectivity index (χ4v) is 2.92. The van der Waals surface area contributed by atoms with Crippen molar-refractivity contribution in [2.45, 2.75) is 0 Å². The highest BCUT2D eigenvalue weighted by Crippen LogP contribution is 2.34. The minimum absolute atomic E-state index is 0.625. The van der Waals surface area contributed by atoms with Gasteiger partial charge in [0.05, 0.1) is 11.1 Å². The minimum Gasteiger partial charge on any atom is -0.478 e. The molecule has 2 aromatic carbocycles. The number of carboxylic acid groups (broad SMARTS) is 5. The van der Waals surface area contributed by atoms with Crippen LogP contribution in [0.1, 0.15) is 62.1 Å². The van der Waals surface area contributed by atoms with Gasteiger partial charge in [-0.15, -0.1) is 0 Å². The topological polar surface area (TPSA) is 239 Å². The van der Waals surface area contributed by atoms with E-state index < -0.39 is 89.4 Å². The molecule has 0 saturated carbocycles. The monoisotopic (exact) mass is 480 g/mol. The number of hydrogen-bond donors (Lipinski definition) is 5. The summed E-state index contributed by atoms with van der Waals surface area (Å²) in [6.45, 7) is 0. The van der Waals surface area contributed by atoms with E-state index in [1.165, 1.54) is 0 Å². The molecule has 0 fully saturated rings. The number of carbonyl (C=O) groups is 6. The van der Waals surface area contributed by atoms with E-state index in [1.807, 2.05) is 0 Å². The Labute approximate surface area is 182 Å². The predicted molar refractivity (Wildman–Crippen MR) is 101 cm³/mol. The molecule has 0 spiro atoms. The third-order valence-corrected chi connectivity index (χ3v) is 4.24. The van der Waals surface area contributed by atoms with E-state index in [0.717, 1.165) is 0 Å². The molecule has 0 atom stereocenters. The maximum absolute atomic E-state index is 12.8. The van der Waals surface area contributed by atoms with Gasteiger partial charge in [0.25, 0.3) is 0 Å². The van der Waals surface area contributed by atoms with Crippen molar-refractivity contribution in [2.24, 2.45) is 0 Å². The lowest BCUT2D eigenvalue weighted by atomic mass is 10.0. The molecular formula is C18H9O14P. The van der Waals surface area contributed by atoms with Crippen LogP contribution in [0, 0.1) is 0 Å². The SMILES string of the molecule is O=POc1c(C(=O)O)ccc(C(=O)O)c1C(=O)Oc1c(C(=O)O)ccc(C(=O)O)c1C(=O)O. The van der Waals surface area contributed by atoms with E-state index in [2.05, 4.69) is 4.52 Å². The normalized spacial score (nSPS) is 10.3. The van der Waals surface area contributed by atoms with Crippen molar-refractivity contribution in [1.29, 1.82) is 0 Å². The lowest BCUT2D eigenvalue weighted by molar-refractivity contribution is 0.0623. The summed E-state index contributed by atoms with van der Waals surface area (Å²) in [5.41, 5.74) is -6.15. The zero-order valence-corrected chi connectivity index (χ0v) is 16.6. The summed E-state index contributed by atoms with van der Waals surface area (Å²) >= 11 is 0. The second-order valence-electron chi connectivity index (χ2n) is 5.81. The fourth-order valence-electron chi connectivity index (χ4n) is 2.66. The van der Waals surface area contributed by atoms with E-state index in [0.29, 0.717) is 24.3 Å². The number of rotatable bonds is 9. The molecule has 15 heteroatoms. The van der Waals surface area contributed by atoms with Crippen LogP contribution in [0.3, 0.4) is 0 Å². The van der Waals surface area contributed by atoms with Crippen molar-refractivity contribution >= 4 is 44.5 Å². The Balaban J connectivity index is 2.87. The van der Waals surface area contributed by atoms with Crippen LogP contribution in [-0.4, -0.2) is 61.3 Å². The molecule has 0 aliphatic carbocycles. The standard InChI is InChI=1S/C18H9O14P/c19-13(20)5-1-3-7(15(23)24)11(9(5)17(27)28)31-18(29)10-6(14(21)22)2-4-8(16(25)26)12(10)32-33-30/h1-4H,(H,19,20)(H,21,22)(H,23,24)(H,25,26)(H,27,28). The number of carboxylic acids is 5. The average Bonchev–Trinajstić information content (AvgIpc) is 2.72. The first-order valence-corrected chi connectivity index (χ1v) is 8.87. The Bertz CT molecular complexity index is 1250. The molecule has 0 aliphatic heterocycles. The zero-order chi connectivity index (χ0) is 25.0. The number of ether oxygens (including phenoxy) is 1. The second kappa shape index (κ2) is 9.53. The van der Waals surface area contributed by atoms with Gasteiger partial charge in [-0.05, 0) is 24.3 Å². The van der Waals surface area contributed by atoms with Gasteiger partial charge in [-0.25, -0.2) is 33.3 Å². The summed E-state index contributed by atoms with van der Waals surface area (Å²) in [5.74, 6) is -13.4. The molecule has 33 heavy (non-hydrogen) atoms. The molecule has 170 valence electrons. The first-order chi connectivity index (χ1) is 15.4. The molecule has 0 unspecified atom stereocenters.